The summed E-state index contributed by atoms with van der Waals surface area (Å²) in [5.41, 5.74) is 2.65. The molecule has 1 atom stereocenters. The molecule has 0 saturated heterocycles. The first-order valence-electron chi connectivity index (χ1n) is 4.32. The number of hydrogen-bond acceptors (Lipinski definition) is 6. The molecule has 4 N–H and O–H groups in total. The fourth-order valence-corrected chi connectivity index (χ4v) is 1.39. The van der Waals surface area contributed by atoms with E-state index in [9.17, 15) is 4.79 Å². The molecule has 0 aromatic rings. The van der Waals surface area contributed by atoms with Crippen LogP contribution in [-0.4, -0.2) is 29.6 Å². The van der Waals surface area contributed by atoms with Crippen molar-refractivity contribution in [1.82, 2.24) is 10.7 Å². The first kappa shape index (κ1) is 9.69. The van der Waals surface area contributed by atoms with E-state index in [1.54, 1.807) is 6.08 Å². The van der Waals surface area contributed by atoms with Crippen LogP contribution in [0.3, 0.4) is 0 Å². The predicted octanol–water partition coefficient (Wildman–Crippen LogP) is -1.31. The summed E-state index contributed by atoms with van der Waals surface area (Å²) >= 11 is 0. The van der Waals surface area contributed by atoms with Crippen LogP contribution < -0.4 is 16.6 Å². The van der Waals surface area contributed by atoms with Gasteiger partial charge >= 0.3 is 0 Å². The van der Waals surface area contributed by atoms with Crippen LogP contribution in [0.15, 0.2) is 27.6 Å². The van der Waals surface area contributed by atoms with Gasteiger partial charge in [0, 0.05) is 6.42 Å². The highest BCUT2D eigenvalue weighted by Crippen LogP contribution is 2.15. The van der Waals surface area contributed by atoms with E-state index in [2.05, 4.69) is 32.3 Å². The van der Waals surface area contributed by atoms with Gasteiger partial charge in [-0.2, -0.15) is 0 Å². The van der Waals surface area contributed by atoms with E-state index in [-0.39, 0.29) is 11.6 Å². The van der Waals surface area contributed by atoms with Crippen molar-refractivity contribution in [1.29, 1.82) is 0 Å². The van der Waals surface area contributed by atoms with E-state index in [4.69, 9.17) is 5.84 Å². The average molecular weight is 206 g/mol. The lowest BCUT2D eigenvalue weighted by Crippen LogP contribution is -2.64. The van der Waals surface area contributed by atoms with Gasteiger partial charge in [0.2, 0.25) is 5.79 Å². The normalized spacial score (nSPS) is 27.9. The van der Waals surface area contributed by atoms with E-state index < -0.39 is 5.79 Å². The van der Waals surface area contributed by atoms with Gasteiger partial charge in [0.05, 0.1) is 0 Å². The number of nitrogens with one attached hydrogen (secondary N) is 2. The lowest BCUT2D eigenvalue weighted by molar-refractivity contribution is -0.117. The van der Waals surface area contributed by atoms with Crippen molar-refractivity contribution in [2.45, 2.75) is 12.2 Å². The van der Waals surface area contributed by atoms with Gasteiger partial charge in [0.25, 0.3) is 5.91 Å². The Morgan fingerprint density at radius 1 is 1.73 bits per heavy atom. The van der Waals surface area contributed by atoms with E-state index in [1.807, 2.05) is 0 Å². The molecule has 0 aromatic heterocycles. The summed E-state index contributed by atoms with van der Waals surface area (Å²) in [6, 6.07) is 0. The number of rotatable bonds is 3. The van der Waals surface area contributed by atoms with Crippen molar-refractivity contribution in [3.05, 3.63) is 12.7 Å². The molecule has 0 bridgehead atoms. The molecule has 0 fully saturated rings. The fourth-order valence-electron chi connectivity index (χ4n) is 1.39. The third-order valence-corrected chi connectivity index (χ3v) is 2.09. The Morgan fingerprint density at radius 2 is 2.53 bits per heavy atom. The van der Waals surface area contributed by atoms with Crippen LogP contribution in [0.5, 0.6) is 0 Å². The summed E-state index contributed by atoms with van der Waals surface area (Å²) in [5.74, 6) is 4.24. The Balaban J connectivity index is 2.41. The van der Waals surface area contributed by atoms with Gasteiger partial charge in [-0.3, -0.25) is 10.6 Å². The maximum absolute atomic E-state index is 11.6. The minimum atomic E-state index is -1.06. The highest BCUT2D eigenvalue weighted by atomic mass is 16.2. The van der Waals surface area contributed by atoms with Crippen LogP contribution in [0.4, 0.5) is 0 Å². The minimum absolute atomic E-state index is 0.213. The summed E-state index contributed by atoms with van der Waals surface area (Å²) in [5, 5.41) is 2.61. The first-order chi connectivity index (χ1) is 7.21. The number of hydrogen-bond donors (Lipinski definition) is 3. The molecule has 1 amide bonds. The summed E-state index contributed by atoms with van der Waals surface area (Å²) in [6.07, 6.45) is 3.25. The smallest absolute Gasteiger partial charge is 0.276 e. The Bertz CT molecular complexity index is 409. The summed E-state index contributed by atoms with van der Waals surface area (Å²) < 4.78 is 0. The Kier molecular flexibility index (Phi) is 2.18. The number of nitrogens with zero attached hydrogens (tertiary/aromatic N) is 3. The largest absolute Gasteiger partial charge is 0.313 e. The van der Waals surface area contributed by atoms with Crippen LogP contribution >= 0.6 is 0 Å². The van der Waals surface area contributed by atoms with E-state index in [0.717, 1.165) is 0 Å². The number of carbonyl (C=O) groups excluding carboxylic acids is 1. The zero-order valence-electron chi connectivity index (χ0n) is 7.90. The molecule has 2 aliphatic rings. The van der Waals surface area contributed by atoms with Gasteiger partial charge in [-0.25, -0.2) is 20.4 Å². The third kappa shape index (κ3) is 1.47. The molecular weight excluding hydrogens is 196 g/mol. The van der Waals surface area contributed by atoms with Gasteiger partial charge in [-0.05, 0) is 0 Å². The van der Waals surface area contributed by atoms with Crippen LogP contribution in [0, 0.1) is 0 Å². The number of carbonyl (C=O) groups is 1. The van der Waals surface area contributed by atoms with Crippen LogP contribution in [0.25, 0.3) is 0 Å². The van der Waals surface area contributed by atoms with Crippen molar-refractivity contribution in [3.8, 4) is 0 Å². The zero-order chi connectivity index (χ0) is 10.9. The standard InChI is InChI=1S/C8H10N6O/c1-2-3-8(14-9)12-6-5(7(15)13-8)10-4-11-6/h2,4,14H,1,3,9H2,(H,13,15). The highest BCUT2D eigenvalue weighted by Gasteiger charge is 2.38. The topological polar surface area (TPSA) is 104 Å². The molecule has 0 radical (unpaired) electrons. The molecule has 1 unspecified atom stereocenters. The van der Waals surface area contributed by atoms with E-state index >= 15 is 0 Å². The molecule has 78 valence electrons. The number of hydrazine groups is 1. The molecule has 0 aromatic carbocycles. The number of amidine groups is 1. The van der Waals surface area contributed by atoms with E-state index in [1.165, 1.54) is 6.34 Å². The summed E-state index contributed by atoms with van der Waals surface area (Å²) in [6.45, 7) is 3.57. The maximum Gasteiger partial charge on any atom is 0.276 e. The second kappa shape index (κ2) is 3.37. The molecule has 15 heavy (non-hydrogen) atoms. The Labute approximate surface area is 85.8 Å². The predicted molar refractivity (Wildman–Crippen MR) is 56.4 cm³/mol. The second-order valence-corrected chi connectivity index (χ2v) is 3.11. The van der Waals surface area contributed by atoms with E-state index in [0.29, 0.717) is 12.3 Å². The van der Waals surface area contributed by atoms with Gasteiger partial charge in [0.15, 0.2) is 11.5 Å². The maximum atomic E-state index is 11.6. The van der Waals surface area contributed by atoms with Crippen LogP contribution in [0.1, 0.15) is 6.42 Å². The molecule has 0 saturated carbocycles. The van der Waals surface area contributed by atoms with Crippen molar-refractivity contribution in [3.63, 3.8) is 0 Å². The van der Waals surface area contributed by atoms with Gasteiger partial charge in [-0.15, -0.1) is 6.58 Å². The monoisotopic (exact) mass is 206 g/mol. The molecule has 7 heteroatoms. The average Bonchev–Trinajstić information content (AvgIpc) is 2.66. The highest BCUT2D eigenvalue weighted by molar-refractivity contribution is 6.69. The summed E-state index contributed by atoms with van der Waals surface area (Å²) in [7, 11) is 0. The molecule has 2 aliphatic heterocycles. The molecule has 0 aliphatic carbocycles. The lowest BCUT2D eigenvalue weighted by atomic mass is 10.1. The number of nitrogens with two attached hydrogens (primary N) is 1. The Hall–Kier alpha value is -1.86. The van der Waals surface area contributed by atoms with Gasteiger partial charge in [0.1, 0.15) is 6.34 Å². The first-order valence-corrected chi connectivity index (χ1v) is 4.32. The van der Waals surface area contributed by atoms with Crippen molar-refractivity contribution < 1.29 is 4.79 Å². The van der Waals surface area contributed by atoms with Crippen LogP contribution in [-0.2, 0) is 4.79 Å². The molecular formula is C8H10N6O. The third-order valence-electron chi connectivity index (χ3n) is 2.09. The number of amides is 1. The summed E-state index contributed by atoms with van der Waals surface area (Å²) in [4.78, 5) is 23.4. The van der Waals surface area contributed by atoms with Gasteiger partial charge < -0.3 is 5.32 Å². The molecule has 2 heterocycles. The Morgan fingerprint density at radius 3 is 3.20 bits per heavy atom. The minimum Gasteiger partial charge on any atom is -0.313 e. The quantitative estimate of drug-likeness (QED) is 0.303. The molecule has 2 rings (SSSR count). The fraction of sp³-hybridized carbons (Fsp3) is 0.250. The van der Waals surface area contributed by atoms with Crippen molar-refractivity contribution in [2.24, 2.45) is 20.8 Å². The lowest BCUT2D eigenvalue weighted by Gasteiger charge is -2.31. The SMILES string of the molecule is C=CCC1(NN)N=C2N=CN=C2C(=O)N1. The van der Waals surface area contributed by atoms with Crippen LogP contribution in [0.2, 0.25) is 0 Å². The van der Waals surface area contributed by atoms with Gasteiger partial charge in [-0.1, -0.05) is 6.08 Å². The van der Waals surface area contributed by atoms with Crippen molar-refractivity contribution >= 4 is 23.8 Å². The molecule has 0 spiro atoms. The number of aliphatic imine (C=N–C) groups is 3. The second-order valence-electron chi connectivity index (χ2n) is 3.11. The molecule has 7 nitrogen and oxygen atoms in total. The zero-order valence-corrected chi connectivity index (χ0v) is 7.90. The number of fused-ring (bicyclic) bond motifs is 1. The van der Waals surface area contributed by atoms with Crippen molar-refractivity contribution in [2.75, 3.05) is 0 Å².